The molecule has 0 bridgehead atoms. The predicted octanol–water partition coefficient (Wildman–Crippen LogP) is 4.28. The van der Waals surface area contributed by atoms with Crippen LogP contribution in [0.15, 0.2) is 10.6 Å². The van der Waals surface area contributed by atoms with E-state index in [-0.39, 0.29) is 13.2 Å². The highest BCUT2D eigenvalue weighted by atomic mass is 32.2. The minimum absolute atomic E-state index is 0.158. The molecule has 9 nitrogen and oxygen atoms in total. The molecule has 0 aliphatic carbocycles. The lowest BCUT2D eigenvalue weighted by Crippen LogP contribution is -2.53. The Labute approximate surface area is 196 Å². The highest BCUT2D eigenvalue weighted by molar-refractivity contribution is 8.04. The summed E-state index contributed by atoms with van der Waals surface area (Å²) in [6.45, 7) is 19.0. The summed E-state index contributed by atoms with van der Waals surface area (Å²) in [5.74, 6) is -0.417. The number of esters is 1. The summed E-state index contributed by atoms with van der Waals surface area (Å²) in [5.41, 5.74) is -1.12. The third kappa shape index (κ3) is 8.44. The molecule has 10 heteroatoms. The lowest BCUT2D eigenvalue weighted by atomic mass is 10.2. The normalized spacial score (nSPS) is 17.7. The molecule has 0 radical (unpaired) electrons. The van der Waals surface area contributed by atoms with E-state index in [1.807, 2.05) is 18.7 Å². The van der Waals surface area contributed by atoms with Crippen LogP contribution in [-0.4, -0.2) is 70.4 Å². The molecule has 0 saturated heterocycles. The minimum atomic E-state index is -0.704. The molecule has 32 heavy (non-hydrogen) atoms. The Kier molecular flexibility index (Phi) is 9.74. The number of thioether (sulfide) groups is 1. The molecule has 0 aromatic carbocycles. The molecular formula is C22H39N3O6S. The van der Waals surface area contributed by atoms with Crippen molar-refractivity contribution in [2.45, 2.75) is 92.0 Å². The highest BCUT2D eigenvalue weighted by Crippen LogP contribution is 2.40. The first-order valence-electron chi connectivity index (χ1n) is 10.9. The van der Waals surface area contributed by atoms with E-state index in [0.717, 1.165) is 5.70 Å². The van der Waals surface area contributed by atoms with Crippen LogP contribution in [0.3, 0.4) is 0 Å². The molecule has 1 unspecified atom stereocenters. The van der Waals surface area contributed by atoms with Crippen LogP contribution >= 0.6 is 11.8 Å². The first-order valence-corrected chi connectivity index (χ1v) is 11.8. The van der Waals surface area contributed by atoms with E-state index < -0.39 is 40.9 Å². The van der Waals surface area contributed by atoms with Crippen LogP contribution in [0.25, 0.3) is 0 Å². The molecule has 0 spiro atoms. The van der Waals surface area contributed by atoms with Gasteiger partial charge in [0, 0.05) is 24.8 Å². The highest BCUT2D eigenvalue weighted by Gasteiger charge is 2.41. The number of hydrogen-bond donors (Lipinski definition) is 1. The Hall–Kier alpha value is -2.10. The fourth-order valence-corrected chi connectivity index (χ4v) is 4.38. The molecule has 1 aliphatic rings. The Morgan fingerprint density at radius 2 is 1.66 bits per heavy atom. The maximum Gasteiger partial charge on any atom is 0.412 e. The van der Waals surface area contributed by atoms with Crippen LogP contribution in [0.1, 0.15) is 69.2 Å². The zero-order valence-corrected chi connectivity index (χ0v) is 21.8. The first-order chi connectivity index (χ1) is 14.6. The number of carbonyl (C=O) groups is 3. The van der Waals surface area contributed by atoms with E-state index >= 15 is 0 Å². The van der Waals surface area contributed by atoms with Gasteiger partial charge in [0.05, 0.1) is 6.61 Å². The lowest BCUT2D eigenvalue weighted by molar-refractivity contribution is -0.137. The molecule has 0 fully saturated rings. The van der Waals surface area contributed by atoms with Crippen LogP contribution in [0, 0.1) is 0 Å². The molecule has 0 saturated carbocycles. The van der Waals surface area contributed by atoms with Crippen molar-refractivity contribution in [2.24, 2.45) is 0 Å². The SMILES string of the molecule is CCOC(=O)C1=C(C)N(CC)[C@H](N(CC(C)NC(=O)OC(C)(C)C)C(=O)OC(C)(C)C)S1. The molecule has 2 amide bonds. The van der Waals surface area contributed by atoms with Crippen molar-refractivity contribution in [3.63, 3.8) is 0 Å². The second-order valence-corrected chi connectivity index (χ2v) is 10.6. The smallest absolute Gasteiger partial charge is 0.412 e. The molecule has 1 rings (SSSR count). The summed E-state index contributed by atoms with van der Waals surface area (Å²) in [6.07, 6.45) is -1.11. The van der Waals surface area contributed by atoms with Gasteiger partial charge < -0.3 is 24.4 Å². The fraction of sp³-hybridized carbons (Fsp3) is 0.773. The number of allylic oxidation sites excluding steroid dienone is 1. The van der Waals surface area contributed by atoms with E-state index in [1.54, 1.807) is 55.4 Å². The maximum absolute atomic E-state index is 13.2. The summed E-state index contributed by atoms with van der Waals surface area (Å²) in [6, 6.07) is -0.427. The van der Waals surface area contributed by atoms with Crippen LogP contribution in [-0.2, 0) is 19.0 Å². The molecule has 0 aromatic rings. The number of hydrogen-bond acceptors (Lipinski definition) is 8. The second-order valence-electron chi connectivity index (χ2n) is 9.55. The Balaban J connectivity index is 3.12. The third-order valence-corrected chi connectivity index (χ3v) is 5.60. The van der Waals surface area contributed by atoms with Gasteiger partial charge in [0.15, 0.2) is 5.50 Å². The number of rotatable bonds is 7. The van der Waals surface area contributed by atoms with Crippen LogP contribution < -0.4 is 5.32 Å². The van der Waals surface area contributed by atoms with Crippen LogP contribution in [0.5, 0.6) is 0 Å². The van der Waals surface area contributed by atoms with Gasteiger partial charge in [0.2, 0.25) is 0 Å². The zero-order chi connectivity index (χ0) is 24.9. The summed E-state index contributed by atoms with van der Waals surface area (Å²) < 4.78 is 16.1. The summed E-state index contributed by atoms with van der Waals surface area (Å²) >= 11 is 1.24. The van der Waals surface area contributed by atoms with Crippen LogP contribution in [0.2, 0.25) is 0 Å². The summed E-state index contributed by atoms with van der Waals surface area (Å²) in [5, 5.41) is 2.76. The predicted molar refractivity (Wildman–Crippen MR) is 125 cm³/mol. The molecule has 1 heterocycles. The zero-order valence-electron chi connectivity index (χ0n) is 21.0. The molecular weight excluding hydrogens is 434 g/mol. The van der Waals surface area contributed by atoms with Gasteiger partial charge in [-0.3, -0.25) is 4.90 Å². The van der Waals surface area contributed by atoms with Crippen molar-refractivity contribution in [2.75, 3.05) is 19.7 Å². The minimum Gasteiger partial charge on any atom is -0.462 e. The van der Waals surface area contributed by atoms with E-state index in [4.69, 9.17) is 14.2 Å². The summed E-state index contributed by atoms with van der Waals surface area (Å²) in [4.78, 5) is 41.7. The Morgan fingerprint density at radius 1 is 1.09 bits per heavy atom. The molecule has 1 aliphatic heterocycles. The van der Waals surface area contributed by atoms with Crippen molar-refractivity contribution in [1.82, 2.24) is 15.1 Å². The molecule has 1 N–H and O–H groups in total. The molecule has 184 valence electrons. The number of nitrogens with zero attached hydrogens (tertiary/aromatic N) is 2. The fourth-order valence-electron chi connectivity index (χ4n) is 2.99. The van der Waals surface area contributed by atoms with Crippen molar-refractivity contribution in [3.8, 4) is 0 Å². The van der Waals surface area contributed by atoms with E-state index in [2.05, 4.69) is 5.32 Å². The van der Waals surface area contributed by atoms with Gasteiger partial charge in [-0.2, -0.15) is 0 Å². The van der Waals surface area contributed by atoms with Crippen molar-refractivity contribution < 1.29 is 28.6 Å². The van der Waals surface area contributed by atoms with Gasteiger partial charge in [-0.15, -0.1) is 0 Å². The molecule has 2 atom stereocenters. The quantitative estimate of drug-likeness (QED) is 0.432. The number of ether oxygens (including phenoxy) is 3. The lowest BCUT2D eigenvalue weighted by Gasteiger charge is -2.38. The average Bonchev–Trinajstić information content (AvgIpc) is 2.92. The standard InChI is InChI=1S/C22H39N3O6S/c1-11-24-15(4)16(17(26)29-12-2)32-19(24)25(20(28)31-22(8,9)10)13-14(3)23-18(27)30-21(5,6)7/h14,19H,11-13H2,1-10H3,(H,23,27)/t14?,19-/m1/s1. The van der Waals surface area contributed by atoms with E-state index in [9.17, 15) is 14.4 Å². The monoisotopic (exact) mass is 473 g/mol. The second kappa shape index (κ2) is 11.2. The number of alkyl carbamates (subject to hydrolysis) is 1. The average molecular weight is 474 g/mol. The first kappa shape index (κ1) is 27.9. The van der Waals surface area contributed by atoms with Gasteiger partial charge in [-0.1, -0.05) is 11.8 Å². The maximum atomic E-state index is 13.2. The van der Waals surface area contributed by atoms with E-state index in [1.165, 1.54) is 16.7 Å². The van der Waals surface area contributed by atoms with Gasteiger partial charge >= 0.3 is 18.2 Å². The number of carbonyl (C=O) groups excluding carboxylic acids is 3. The van der Waals surface area contributed by atoms with Gasteiger partial charge in [0.25, 0.3) is 0 Å². The topological polar surface area (TPSA) is 97.4 Å². The van der Waals surface area contributed by atoms with Gasteiger partial charge in [-0.25, -0.2) is 14.4 Å². The van der Waals surface area contributed by atoms with Crippen molar-refractivity contribution >= 4 is 29.9 Å². The van der Waals surface area contributed by atoms with Crippen molar-refractivity contribution in [3.05, 3.63) is 10.6 Å². The van der Waals surface area contributed by atoms with E-state index in [0.29, 0.717) is 11.4 Å². The van der Waals surface area contributed by atoms with Gasteiger partial charge in [-0.05, 0) is 69.2 Å². The summed E-state index contributed by atoms with van der Waals surface area (Å²) in [7, 11) is 0. The largest absolute Gasteiger partial charge is 0.462 e. The Bertz CT molecular complexity index is 726. The van der Waals surface area contributed by atoms with Crippen LogP contribution in [0.4, 0.5) is 9.59 Å². The number of nitrogens with one attached hydrogen (secondary N) is 1. The third-order valence-electron chi connectivity index (χ3n) is 4.18. The number of amides is 2. The van der Waals surface area contributed by atoms with Gasteiger partial charge in [0.1, 0.15) is 16.1 Å². The molecule has 0 aromatic heterocycles. The van der Waals surface area contributed by atoms with Crippen molar-refractivity contribution in [1.29, 1.82) is 0 Å². The Morgan fingerprint density at radius 3 is 2.12 bits per heavy atom.